The molecule has 0 fully saturated rings. The molecule has 1 heterocycles. The first-order valence-electron chi connectivity index (χ1n) is 10.6. The molecular formula is C25H24N4O4. The molecule has 0 unspecified atom stereocenters. The van der Waals surface area contributed by atoms with Crippen LogP contribution in [0.4, 0.5) is 11.4 Å². The SMILES string of the molecule is COc1ccc(N2C(N)=C(C#N)[C@@H](c3cc(C)ccc3C)C3=C2CCCC3=O)c([N+](=O)[O-])c1. The van der Waals surface area contributed by atoms with Crippen molar-refractivity contribution in [3.05, 3.63) is 85.9 Å². The van der Waals surface area contributed by atoms with Gasteiger partial charge >= 0.3 is 0 Å². The number of Topliss-reactive ketones (excluding diaryl/α,β-unsaturated/α-hetero) is 1. The number of anilines is 1. The molecule has 0 saturated heterocycles. The van der Waals surface area contributed by atoms with E-state index in [9.17, 15) is 20.2 Å². The van der Waals surface area contributed by atoms with Crippen molar-refractivity contribution in [2.45, 2.75) is 39.0 Å². The van der Waals surface area contributed by atoms with E-state index in [2.05, 4.69) is 6.07 Å². The van der Waals surface area contributed by atoms with Gasteiger partial charge in [-0.05, 0) is 49.9 Å². The smallest absolute Gasteiger partial charge is 0.296 e. The number of aryl methyl sites for hydroxylation is 2. The monoisotopic (exact) mass is 444 g/mol. The summed E-state index contributed by atoms with van der Waals surface area (Å²) in [5.41, 5.74) is 10.7. The highest BCUT2D eigenvalue weighted by Gasteiger charge is 2.42. The summed E-state index contributed by atoms with van der Waals surface area (Å²) in [4.78, 5) is 26.2. The third-order valence-corrected chi connectivity index (χ3v) is 6.28. The zero-order valence-corrected chi connectivity index (χ0v) is 18.7. The van der Waals surface area contributed by atoms with Crippen molar-refractivity contribution in [1.82, 2.24) is 0 Å². The number of nitrogens with two attached hydrogens (primary N) is 1. The molecule has 168 valence electrons. The maximum atomic E-state index is 13.3. The number of carbonyl (C=O) groups is 1. The fourth-order valence-corrected chi connectivity index (χ4v) is 4.71. The molecule has 1 aliphatic carbocycles. The highest BCUT2D eigenvalue weighted by molar-refractivity contribution is 6.01. The number of benzene rings is 2. The number of allylic oxidation sites excluding steroid dienone is 3. The number of carbonyl (C=O) groups excluding carboxylic acids is 1. The number of nitriles is 1. The normalized spacial score (nSPS) is 18.2. The van der Waals surface area contributed by atoms with E-state index in [0.717, 1.165) is 16.7 Å². The number of methoxy groups -OCH3 is 1. The first-order chi connectivity index (χ1) is 15.8. The predicted molar refractivity (Wildman–Crippen MR) is 123 cm³/mol. The Hall–Kier alpha value is -4.12. The Morgan fingerprint density at radius 3 is 2.64 bits per heavy atom. The molecular weight excluding hydrogens is 420 g/mol. The van der Waals surface area contributed by atoms with Crippen LogP contribution in [0.3, 0.4) is 0 Å². The lowest BCUT2D eigenvalue weighted by Crippen LogP contribution is -2.39. The summed E-state index contributed by atoms with van der Waals surface area (Å²) in [5.74, 6) is -0.243. The quantitative estimate of drug-likeness (QED) is 0.543. The predicted octanol–water partition coefficient (Wildman–Crippen LogP) is 4.53. The van der Waals surface area contributed by atoms with Crippen LogP contribution in [0.15, 0.2) is 59.1 Å². The van der Waals surface area contributed by atoms with E-state index in [4.69, 9.17) is 10.5 Å². The number of nitro groups is 1. The molecule has 2 aliphatic rings. The van der Waals surface area contributed by atoms with Gasteiger partial charge in [0.25, 0.3) is 5.69 Å². The second-order valence-electron chi connectivity index (χ2n) is 8.29. The molecule has 8 nitrogen and oxygen atoms in total. The molecule has 0 saturated carbocycles. The van der Waals surface area contributed by atoms with Gasteiger partial charge in [-0.2, -0.15) is 5.26 Å². The summed E-state index contributed by atoms with van der Waals surface area (Å²) in [6.45, 7) is 3.89. The van der Waals surface area contributed by atoms with Crippen LogP contribution in [-0.4, -0.2) is 17.8 Å². The van der Waals surface area contributed by atoms with Crippen LogP contribution in [0, 0.1) is 35.3 Å². The van der Waals surface area contributed by atoms with Crippen LogP contribution in [0.25, 0.3) is 0 Å². The fourth-order valence-electron chi connectivity index (χ4n) is 4.71. The topological polar surface area (TPSA) is 122 Å². The number of ether oxygens (including phenoxy) is 1. The third-order valence-electron chi connectivity index (χ3n) is 6.28. The van der Waals surface area contributed by atoms with Crippen LogP contribution in [0.5, 0.6) is 5.75 Å². The Balaban J connectivity index is 2.03. The van der Waals surface area contributed by atoms with Gasteiger partial charge in [0.15, 0.2) is 5.78 Å². The van der Waals surface area contributed by atoms with Gasteiger partial charge in [-0.1, -0.05) is 23.8 Å². The first kappa shape index (κ1) is 22.1. The van der Waals surface area contributed by atoms with Gasteiger partial charge in [0, 0.05) is 17.7 Å². The summed E-state index contributed by atoms with van der Waals surface area (Å²) in [6, 6.07) is 12.6. The molecule has 2 N–H and O–H groups in total. The summed E-state index contributed by atoms with van der Waals surface area (Å²) < 4.78 is 5.15. The lowest BCUT2D eigenvalue weighted by atomic mass is 9.74. The summed E-state index contributed by atoms with van der Waals surface area (Å²) >= 11 is 0. The highest BCUT2D eigenvalue weighted by Crippen LogP contribution is 2.48. The van der Waals surface area contributed by atoms with Crippen LogP contribution in [0.2, 0.25) is 0 Å². The third kappa shape index (κ3) is 3.61. The molecule has 2 aromatic carbocycles. The van der Waals surface area contributed by atoms with E-state index in [1.165, 1.54) is 18.1 Å². The summed E-state index contributed by atoms with van der Waals surface area (Å²) in [5, 5.41) is 22.1. The number of rotatable bonds is 4. The van der Waals surface area contributed by atoms with Crippen LogP contribution >= 0.6 is 0 Å². The van der Waals surface area contributed by atoms with Gasteiger partial charge in [-0.3, -0.25) is 19.8 Å². The molecule has 1 aliphatic heterocycles. The van der Waals surface area contributed by atoms with E-state index >= 15 is 0 Å². The maximum Gasteiger partial charge on any atom is 0.296 e. The molecule has 8 heteroatoms. The van der Waals surface area contributed by atoms with Crippen molar-refractivity contribution in [1.29, 1.82) is 5.26 Å². The lowest BCUT2D eigenvalue weighted by molar-refractivity contribution is -0.384. The molecule has 4 rings (SSSR count). The van der Waals surface area contributed by atoms with Gasteiger partial charge in [-0.25, -0.2) is 0 Å². The van der Waals surface area contributed by atoms with E-state index in [-0.39, 0.29) is 28.6 Å². The van der Waals surface area contributed by atoms with Gasteiger partial charge in [0.2, 0.25) is 0 Å². The van der Waals surface area contributed by atoms with Crippen LogP contribution in [0.1, 0.15) is 41.9 Å². The first-order valence-corrected chi connectivity index (χ1v) is 10.6. The molecule has 0 radical (unpaired) electrons. The highest BCUT2D eigenvalue weighted by atomic mass is 16.6. The van der Waals surface area contributed by atoms with Crippen LogP contribution in [-0.2, 0) is 4.79 Å². The fraction of sp³-hybridized carbons (Fsp3) is 0.280. The van der Waals surface area contributed by atoms with Gasteiger partial charge in [0.1, 0.15) is 17.3 Å². The minimum Gasteiger partial charge on any atom is -0.496 e. The molecule has 0 aromatic heterocycles. The van der Waals surface area contributed by atoms with Crippen LogP contribution < -0.4 is 15.4 Å². The van der Waals surface area contributed by atoms with Gasteiger partial charge in [-0.15, -0.1) is 0 Å². The Morgan fingerprint density at radius 1 is 1.21 bits per heavy atom. The zero-order valence-electron chi connectivity index (χ0n) is 18.7. The minimum atomic E-state index is -0.605. The van der Waals surface area contributed by atoms with Crippen molar-refractivity contribution in [3.8, 4) is 11.8 Å². The summed E-state index contributed by atoms with van der Waals surface area (Å²) in [7, 11) is 1.43. The second-order valence-corrected chi connectivity index (χ2v) is 8.29. The number of hydrogen-bond acceptors (Lipinski definition) is 7. The molecule has 0 bridgehead atoms. The average molecular weight is 444 g/mol. The number of ketones is 1. The van der Waals surface area contributed by atoms with Gasteiger partial charge in [0.05, 0.1) is 35.7 Å². The van der Waals surface area contributed by atoms with Crippen molar-refractivity contribution in [2.75, 3.05) is 12.0 Å². The molecule has 1 atom stereocenters. The summed E-state index contributed by atoms with van der Waals surface area (Å²) in [6.07, 6.45) is 1.48. The Morgan fingerprint density at radius 2 is 1.97 bits per heavy atom. The Kier molecular flexibility index (Phi) is 5.64. The van der Waals surface area contributed by atoms with Crippen molar-refractivity contribution < 1.29 is 14.5 Å². The number of nitro benzene ring substituents is 1. The standard InChI is InChI=1S/C25H24N4O4/c1-14-7-8-15(2)17(11-14)23-18(13-26)25(27)28(20-5-4-6-22(30)24(20)23)19-10-9-16(33-3)12-21(19)29(31)32/h7-12,23H,4-6,27H2,1-3H3/t23-/m1/s1. The van der Waals surface area contributed by atoms with Gasteiger partial charge < -0.3 is 10.5 Å². The van der Waals surface area contributed by atoms with E-state index in [0.29, 0.717) is 36.3 Å². The van der Waals surface area contributed by atoms with Crippen molar-refractivity contribution in [3.63, 3.8) is 0 Å². The molecule has 2 aromatic rings. The second kappa shape index (κ2) is 8.43. The van der Waals surface area contributed by atoms with Crippen molar-refractivity contribution >= 4 is 17.2 Å². The maximum absolute atomic E-state index is 13.3. The van der Waals surface area contributed by atoms with E-state index < -0.39 is 10.8 Å². The minimum absolute atomic E-state index is 0.0661. The number of nitrogens with zero attached hydrogens (tertiary/aromatic N) is 3. The Labute approximate surface area is 191 Å². The van der Waals surface area contributed by atoms with E-state index in [1.54, 1.807) is 12.1 Å². The molecule has 33 heavy (non-hydrogen) atoms. The average Bonchev–Trinajstić information content (AvgIpc) is 2.80. The number of hydrogen-bond donors (Lipinski definition) is 1. The lowest BCUT2D eigenvalue weighted by Gasteiger charge is -2.39. The largest absolute Gasteiger partial charge is 0.496 e. The Bertz CT molecular complexity index is 1290. The van der Waals surface area contributed by atoms with E-state index in [1.807, 2.05) is 32.0 Å². The molecule has 0 amide bonds. The zero-order chi connectivity index (χ0) is 23.9. The van der Waals surface area contributed by atoms with Crippen molar-refractivity contribution in [2.24, 2.45) is 5.73 Å². The molecule has 0 spiro atoms.